The van der Waals surface area contributed by atoms with Crippen LogP contribution in [0.15, 0.2) is 65.2 Å². The first-order valence-corrected chi connectivity index (χ1v) is 12.8. The zero-order valence-electron chi connectivity index (χ0n) is 31.5. The summed E-state index contributed by atoms with van der Waals surface area (Å²) in [4.78, 5) is 4.53. The van der Waals surface area contributed by atoms with Gasteiger partial charge in [0.15, 0.2) is 0 Å². The van der Waals surface area contributed by atoms with E-state index in [1.807, 2.05) is 19.1 Å². The summed E-state index contributed by atoms with van der Waals surface area (Å²) in [6.07, 6.45) is 4.18. The SMILES string of the molecule is [2H]C([2H])([2H])c1cc(C)c2c(c1)oc1c(-c3cc(-c4ccc(C5([2H])CCC(C)(C)CC5)cc4C([2H])([2H])[2H])c(C([2H])([2H])[2H])cn3)cccc12. The van der Waals surface area contributed by atoms with Crippen LogP contribution in [-0.2, 0) is 0 Å². The number of fused-ring (bicyclic) bond motifs is 3. The molecule has 0 bridgehead atoms. The second kappa shape index (κ2) is 8.87. The molecule has 3 aromatic carbocycles. The van der Waals surface area contributed by atoms with Gasteiger partial charge in [0.1, 0.15) is 11.2 Å². The first kappa shape index (κ1) is 15.1. The van der Waals surface area contributed by atoms with E-state index in [2.05, 4.69) is 18.8 Å². The highest BCUT2D eigenvalue weighted by Crippen LogP contribution is 2.43. The Balaban J connectivity index is 1.55. The van der Waals surface area contributed by atoms with Crippen molar-refractivity contribution in [1.29, 1.82) is 0 Å². The molecule has 0 saturated heterocycles. The Morgan fingerprint density at radius 1 is 0.892 bits per heavy atom. The van der Waals surface area contributed by atoms with Crippen molar-refractivity contribution in [2.75, 3.05) is 0 Å². The van der Waals surface area contributed by atoms with E-state index in [-0.39, 0.29) is 33.2 Å². The highest BCUT2D eigenvalue weighted by atomic mass is 16.3. The number of pyridine rings is 1. The summed E-state index contributed by atoms with van der Waals surface area (Å²) in [5.41, 5.74) is 3.80. The molecule has 1 aliphatic carbocycles. The molecule has 6 rings (SSSR count). The predicted octanol–water partition coefficient (Wildman–Crippen LogP) is 10.2. The van der Waals surface area contributed by atoms with Gasteiger partial charge in [0.05, 0.1) is 5.69 Å². The van der Waals surface area contributed by atoms with E-state index in [0.717, 1.165) is 29.2 Å². The Bertz CT molecular complexity index is 2000. The molecule has 37 heavy (non-hydrogen) atoms. The third kappa shape index (κ3) is 4.27. The maximum Gasteiger partial charge on any atom is 0.144 e. The molecule has 1 saturated carbocycles. The van der Waals surface area contributed by atoms with Crippen LogP contribution in [-0.4, -0.2) is 4.98 Å². The molecule has 2 heterocycles. The van der Waals surface area contributed by atoms with Crippen LogP contribution in [0.3, 0.4) is 0 Å². The van der Waals surface area contributed by atoms with Crippen LogP contribution in [0.5, 0.6) is 0 Å². The average molecular weight is 498 g/mol. The zero-order chi connectivity index (χ0) is 34.3. The van der Waals surface area contributed by atoms with Crippen LogP contribution in [0.1, 0.15) is 86.9 Å². The number of para-hydroxylation sites is 1. The molecule has 0 amide bonds. The quantitative estimate of drug-likeness (QED) is 0.248. The minimum absolute atomic E-state index is 0.0103. The van der Waals surface area contributed by atoms with E-state index in [1.54, 1.807) is 36.4 Å². The fourth-order valence-electron chi connectivity index (χ4n) is 5.68. The van der Waals surface area contributed by atoms with Gasteiger partial charge in [-0.05, 0) is 122 Å². The minimum atomic E-state index is -2.59. The lowest BCUT2D eigenvalue weighted by Crippen LogP contribution is -2.20. The van der Waals surface area contributed by atoms with Crippen molar-refractivity contribution in [3.63, 3.8) is 0 Å². The van der Waals surface area contributed by atoms with Crippen molar-refractivity contribution in [2.24, 2.45) is 5.41 Å². The number of aromatic nitrogens is 1. The van der Waals surface area contributed by atoms with Crippen molar-refractivity contribution < 1.29 is 18.1 Å². The maximum absolute atomic E-state index is 9.26. The number of aryl methyl sites for hydroxylation is 4. The summed E-state index contributed by atoms with van der Waals surface area (Å²) in [7, 11) is 0. The molecule has 0 radical (unpaired) electrons. The molecule has 0 atom stereocenters. The molecule has 0 N–H and O–H groups in total. The van der Waals surface area contributed by atoms with Crippen LogP contribution in [0.25, 0.3) is 44.3 Å². The Morgan fingerprint density at radius 2 is 1.73 bits per heavy atom. The van der Waals surface area contributed by atoms with E-state index < -0.39 is 26.4 Å². The Labute approximate surface area is 234 Å². The van der Waals surface area contributed by atoms with E-state index in [1.165, 1.54) is 12.3 Å². The summed E-state index contributed by atoms with van der Waals surface area (Å²) < 4.78 is 89.4. The third-order valence-corrected chi connectivity index (χ3v) is 7.90. The number of rotatable bonds is 3. The van der Waals surface area contributed by atoms with Crippen LogP contribution in [0.2, 0.25) is 0 Å². The van der Waals surface area contributed by atoms with Gasteiger partial charge in [-0.25, -0.2) is 0 Å². The monoisotopic (exact) mass is 497 g/mol. The number of hydrogen-bond donors (Lipinski definition) is 0. The van der Waals surface area contributed by atoms with Gasteiger partial charge < -0.3 is 4.42 Å². The fraction of sp³-hybridized carbons (Fsp3) is 0.343. The lowest BCUT2D eigenvalue weighted by Gasteiger charge is -2.34. The van der Waals surface area contributed by atoms with Crippen molar-refractivity contribution in [1.82, 2.24) is 4.98 Å². The van der Waals surface area contributed by atoms with E-state index in [4.69, 9.17) is 16.8 Å². The van der Waals surface area contributed by atoms with Gasteiger partial charge in [-0.2, -0.15) is 0 Å². The molecule has 1 aliphatic rings. The number of benzene rings is 3. The zero-order valence-corrected chi connectivity index (χ0v) is 21.5. The number of nitrogens with zero attached hydrogens (tertiary/aromatic N) is 1. The van der Waals surface area contributed by atoms with Gasteiger partial charge in [-0.3, -0.25) is 4.98 Å². The summed E-state index contributed by atoms with van der Waals surface area (Å²) in [5, 5.41) is 1.52. The number of hydrogen-bond acceptors (Lipinski definition) is 2. The molecule has 5 aromatic rings. The Kier molecular flexibility index (Phi) is 3.63. The molecule has 0 spiro atoms. The molecular formula is C35H37NO. The summed E-state index contributed by atoms with van der Waals surface area (Å²) >= 11 is 0. The summed E-state index contributed by atoms with van der Waals surface area (Å²) in [6.45, 7) is -1.29. The van der Waals surface area contributed by atoms with Crippen molar-refractivity contribution in [3.05, 3.63) is 88.6 Å². The maximum atomic E-state index is 9.26. The molecule has 188 valence electrons. The molecule has 0 aliphatic heterocycles. The van der Waals surface area contributed by atoms with Crippen LogP contribution < -0.4 is 0 Å². The molecule has 2 aromatic heterocycles. The summed E-state index contributed by atoms with van der Waals surface area (Å²) in [5.74, 6) is -0.932. The Morgan fingerprint density at radius 3 is 2.51 bits per heavy atom. The second-order valence-corrected chi connectivity index (χ2v) is 11.1. The van der Waals surface area contributed by atoms with Gasteiger partial charge in [-0.1, -0.05) is 50.2 Å². The topological polar surface area (TPSA) is 26.0 Å². The molecule has 2 nitrogen and oxygen atoms in total. The smallest absolute Gasteiger partial charge is 0.144 e. The van der Waals surface area contributed by atoms with Crippen LogP contribution in [0, 0.1) is 32.9 Å². The standard InChI is InChI=1S/C35H37NO/c1-21-16-23(3)33-29-9-7-8-28(34(29)37-32(33)17-21)31-19-30(24(4)20-36-31)27-11-10-26(18-22(27)2)25-12-14-35(5,6)15-13-25/h7-11,16-20,25H,12-15H2,1-6H3/i1D3,2D3,4D3,25D. The highest BCUT2D eigenvalue weighted by Gasteiger charge is 2.28. The van der Waals surface area contributed by atoms with Crippen LogP contribution in [0.4, 0.5) is 0 Å². The van der Waals surface area contributed by atoms with Gasteiger partial charge in [-0.15, -0.1) is 0 Å². The first-order valence-electron chi connectivity index (χ1n) is 17.8. The van der Waals surface area contributed by atoms with Gasteiger partial charge in [0.25, 0.3) is 0 Å². The van der Waals surface area contributed by atoms with Gasteiger partial charge in [0, 0.05) is 36.2 Å². The lowest BCUT2D eigenvalue weighted by molar-refractivity contribution is 0.224. The van der Waals surface area contributed by atoms with Gasteiger partial charge >= 0.3 is 0 Å². The van der Waals surface area contributed by atoms with Crippen molar-refractivity contribution in [3.8, 4) is 22.4 Å². The van der Waals surface area contributed by atoms with Crippen molar-refractivity contribution in [2.45, 2.75) is 72.9 Å². The van der Waals surface area contributed by atoms with E-state index in [9.17, 15) is 1.37 Å². The second-order valence-electron chi connectivity index (χ2n) is 11.1. The largest absolute Gasteiger partial charge is 0.455 e. The molecule has 0 unspecified atom stereocenters. The summed E-state index contributed by atoms with van der Waals surface area (Å²) in [6, 6.07) is 15.2. The first-order chi connectivity index (χ1) is 21.7. The van der Waals surface area contributed by atoms with Crippen LogP contribution >= 0.6 is 0 Å². The van der Waals surface area contributed by atoms with E-state index >= 15 is 0 Å². The average Bonchev–Trinajstić information content (AvgIpc) is 3.36. The molecular weight excluding hydrogens is 450 g/mol. The third-order valence-electron chi connectivity index (χ3n) is 7.90. The highest BCUT2D eigenvalue weighted by molar-refractivity contribution is 6.10. The molecule has 1 fully saturated rings. The normalized spacial score (nSPS) is 21.9. The van der Waals surface area contributed by atoms with Gasteiger partial charge in [0.2, 0.25) is 0 Å². The van der Waals surface area contributed by atoms with Crippen molar-refractivity contribution >= 4 is 21.9 Å². The minimum Gasteiger partial charge on any atom is -0.455 e. The predicted molar refractivity (Wildman–Crippen MR) is 156 cm³/mol. The van der Waals surface area contributed by atoms with E-state index in [0.29, 0.717) is 40.8 Å². The Hall–Kier alpha value is -3.39. The number of furan rings is 1. The fourth-order valence-corrected chi connectivity index (χ4v) is 5.68. The lowest BCUT2D eigenvalue weighted by atomic mass is 9.71. The molecule has 2 heteroatoms.